The van der Waals surface area contributed by atoms with Gasteiger partial charge in [0, 0.05) is 48.0 Å². The highest BCUT2D eigenvalue weighted by molar-refractivity contribution is 7.10. The third-order valence-electron chi connectivity index (χ3n) is 5.55. The number of nitrogens with one attached hydrogen (secondary N) is 1. The predicted molar refractivity (Wildman–Crippen MR) is 112 cm³/mol. The molecular formula is C22H27NO5S. The first-order valence-electron chi connectivity index (χ1n) is 9.77. The number of aliphatic carboxylic acids is 1. The van der Waals surface area contributed by atoms with Gasteiger partial charge in [0.15, 0.2) is 0 Å². The molecule has 0 bridgehead atoms. The molecule has 2 N–H and O–H groups in total. The standard InChI is InChI=1S/C22H27NO5S/c1-27-18-6-3-2-5-17(18)22(8-10-28-11-9-22)15-23-20(24)13-16(14-21(25)26)19-7-4-12-29-19/h2-7,12,16H,8-11,13-15H2,1H3,(H,23,24)(H,25,26)/t16-/m1/s1. The van der Waals surface area contributed by atoms with Gasteiger partial charge >= 0.3 is 5.97 Å². The summed E-state index contributed by atoms with van der Waals surface area (Å²) in [5.74, 6) is -0.535. The van der Waals surface area contributed by atoms with Gasteiger partial charge in [-0.05, 0) is 30.4 Å². The second-order valence-electron chi connectivity index (χ2n) is 7.38. The van der Waals surface area contributed by atoms with Gasteiger partial charge in [0.2, 0.25) is 5.91 Å². The first-order valence-corrected chi connectivity index (χ1v) is 10.7. The molecule has 1 amide bonds. The lowest BCUT2D eigenvalue weighted by molar-refractivity contribution is -0.137. The monoisotopic (exact) mass is 417 g/mol. The van der Waals surface area contributed by atoms with Crippen molar-refractivity contribution in [1.29, 1.82) is 0 Å². The SMILES string of the molecule is COc1ccccc1C1(CNC(=O)C[C@H](CC(=O)O)c2cccs2)CCOCC1. The van der Waals surface area contributed by atoms with Crippen LogP contribution in [-0.2, 0) is 19.7 Å². The Morgan fingerprint density at radius 1 is 1.21 bits per heavy atom. The van der Waals surface area contributed by atoms with Gasteiger partial charge in [-0.2, -0.15) is 0 Å². The smallest absolute Gasteiger partial charge is 0.304 e. The summed E-state index contributed by atoms with van der Waals surface area (Å²) in [5, 5.41) is 14.2. The Bertz CT molecular complexity index is 814. The number of para-hydroxylation sites is 1. The quantitative estimate of drug-likeness (QED) is 0.652. The largest absolute Gasteiger partial charge is 0.496 e. The number of carboxylic acid groups (broad SMARTS) is 1. The first kappa shape index (κ1) is 21.3. The Labute approximate surface area is 174 Å². The molecule has 7 heteroatoms. The van der Waals surface area contributed by atoms with Crippen molar-refractivity contribution in [2.45, 2.75) is 37.0 Å². The first-order chi connectivity index (χ1) is 14.0. The van der Waals surface area contributed by atoms with Gasteiger partial charge in [0.1, 0.15) is 5.75 Å². The summed E-state index contributed by atoms with van der Waals surface area (Å²) in [6.45, 7) is 1.73. The highest BCUT2D eigenvalue weighted by atomic mass is 32.1. The van der Waals surface area contributed by atoms with Crippen molar-refractivity contribution in [3.63, 3.8) is 0 Å². The topological polar surface area (TPSA) is 84.9 Å². The van der Waals surface area contributed by atoms with Crippen molar-refractivity contribution in [1.82, 2.24) is 5.32 Å². The van der Waals surface area contributed by atoms with Crippen LogP contribution in [0.15, 0.2) is 41.8 Å². The minimum Gasteiger partial charge on any atom is -0.496 e. The molecule has 0 unspecified atom stereocenters. The van der Waals surface area contributed by atoms with Crippen LogP contribution < -0.4 is 10.1 Å². The fraction of sp³-hybridized carbons (Fsp3) is 0.455. The second kappa shape index (κ2) is 9.89. The van der Waals surface area contributed by atoms with Crippen molar-refractivity contribution in [2.75, 3.05) is 26.9 Å². The maximum atomic E-state index is 12.7. The molecule has 2 heterocycles. The average molecular weight is 418 g/mol. The molecule has 1 saturated heterocycles. The fourth-order valence-corrected chi connectivity index (χ4v) is 4.79. The molecule has 1 aliphatic rings. The van der Waals surface area contributed by atoms with E-state index in [-0.39, 0.29) is 30.1 Å². The van der Waals surface area contributed by atoms with Gasteiger partial charge in [0.05, 0.1) is 13.5 Å². The number of benzene rings is 1. The minimum atomic E-state index is -0.897. The Morgan fingerprint density at radius 2 is 1.97 bits per heavy atom. The summed E-state index contributed by atoms with van der Waals surface area (Å²) in [7, 11) is 1.65. The number of carbonyl (C=O) groups excluding carboxylic acids is 1. The van der Waals surface area contributed by atoms with E-state index in [1.807, 2.05) is 35.7 Å². The summed E-state index contributed by atoms with van der Waals surface area (Å²) >= 11 is 1.49. The molecular weight excluding hydrogens is 390 g/mol. The van der Waals surface area contributed by atoms with E-state index in [0.717, 1.165) is 29.0 Å². The lowest BCUT2D eigenvalue weighted by Gasteiger charge is -2.38. The lowest BCUT2D eigenvalue weighted by Crippen LogP contribution is -2.45. The van der Waals surface area contributed by atoms with Gasteiger partial charge in [-0.3, -0.25) is 9.59 Å². The maximum absolute atomic E-state index is 12.7. The number of hydrogen-bond donors (Lipinski definition) is 2. The van der Waals surface area contributed by atoms with Gasteiger partial charge in [-0.25, -0.2) is 0 Å². The van der Waals surface area contributed by atoms with Gasteiger partial charge in [-0.15, -0.1) is 11.3 Å². The number of rotatable bonds is 9. The number of amides is 1. The van der Waals surface area contributed by atoms with Crippen LogP contribution in [0.25, 0.3) is 0 Å². The van der Waals surface area contributed by atoms with Crippen molar-refractivity contribution >= 4 is 23.2 Å². The molecule has 0 aliphatic carbocycles. The number of hydrogen-bond acceptors (Lipinski definition) is 5. The third kappa shape index (κ3) is 5.36. The molecule has 0 spiro atoms. The zero-order valence-electron chi connectivity index (χ0n) is 16.6. The van der Waals surface area contributed by atoms with Crippen LogP contribution in [0.3, 0.4) is 0 Å². The Kier molecular flexibility index (Phi) is 7.28. The number of carbonyl (C=O) groups is 2. The highest BCUT2D eigenvalue weighted by Gasteiger charge is 2.37. The molecule has 1 fully saturated rings. The van der Waals surface area contributed by atoms with Gasteiger partial charge in [0.25, 0.3) is 0 Å². The van der Waals surface area contributed by atoms with Crippen LogP contribution in [0.1, 0.15) is 42.0 Å². The number of ether oxygens (including phenoxy) is 2. The minimum absolute atomic E-state index is 0.0561. The summed E-state index contributed by atoms with van der Waals surface area (Å²) in [5.41, 5.74) is 0.817. The van der Waals surface area contributed by atoms with Crippen LogP contribution in [-0.4, -0.2) is 43.9 Å². The zero-order chi connectivity index (χ0) is 20.7. The van der Waals surface area contributed by atoms with Gasteiger partial charge in [-0.1, -0.05) is 24.3 Å². The van der Waals surface area contributed by atoms with Crippen LogP contribution in [0.2, 0.25) is 0 Å². The van der Waals surface area contributed by atoms with Crippen molar-refractivity contribution in [3.8, 4) is 5.75 Å². The zero-order valence-corrected chi connectivity index (χ0v) is 17.4. The van der Waals surface area contributed by atoms with Crippen molar-refractivity contribution < 1.29 is 24.2 Å². The summed E-state index contributed by atoms with van der Waals surface area (Å²) in [6, 6.07) is 11.7. The Hall–Kier alpha value is -2.38. The van der Waals surface area contributed by atoms with Gasteiger partial charge < -0.3 is 19.9 Å². The van der Waals surface area contributed by atoms with Crippen molar-refractivity contribution in [3.05, 3.63) is 52.2 Å². The van der Waals surface area contributed by atoms with E-state index < -0.39 is 5.97 Å². The van der Waals surface area contributed by atoms with E-state index in [0.29, 0.717) is 19.8 Å². The average Bonchev–Trinajstić information content (AvgIpc) is 3.27. The molecule has 2 aromatic rings. The highest BCUT2D eigenvalue weighted by Crippen LogP contribution is 2.39. The molecule has 0 saturated carbocycles. The van der Waals surface area contributed by atoms with E-state index in [9.17, 15) is 14.7 Å². The van der Waals surface area contributed by atoms with E-state index in [2.05, 4.69) is 11.4 Å². The molecule has 1 aromatic carbocycles. The molecule has 6 nitrogen and oxygen atoms in total. The Balaban J connectivity index is 1.72. The van der Waals surface area contributed by atoms with E-state index >= 15 is 0 Å². The van der Waals surface area contributed by atoms with E-state index in [4.69, 9.17) is 9.47 Å². The molecule has 1 aromatic heterocycles. The fourth-order valence-electron chi connectivity index (χ4n) is 3.96. The molecule has 0 radical (unpaired) electrons. The number of carboxylic acids is 1. The van der Waals surface area contributed by atoms with Crippen molar-refractivity contribution in [2.24, 2.45) is 0 Å². The summed E-state index contributed by atoms with van der Waals surface area (Å²) in [6.07, 6.45) is 1.68. The van der Waals surface area contributed by atoms with E-state index in [1.54, 1.807) is 7.11 Å². The Morgan fingerprint density at radius 3 is 2.62 bits per heavy atom. The molecule has 1 aliphatic heterocycles. The van der Waals surface area contributed by atoms with Crippen LogP contribution >= 0.6 is 11.3 Å². The van der Waals surface area contributed by atoms with Crippen LogP contribution in [0.5, 0.6) is 5.75 Å². The lowest BCUT2D eigenvalue weighted by atomic mass is 9.73. The predicted octanol–water partition coefficient (Wildman–Crippen LogP) is 3.57. The number of methoxy groups -OCH3 is 1. The molecule has 156 valence electrons. The number of thiophene rings is 1. The summed E-state index contributed by atoms with van der Waals surface area (Å²) < 4.78 is 11.1. The molecule has 3 rings (SSSR count). The maximum Gasteiger partial charge on any atom is 0.304 e. The van der Waals surface area contributed by atoms with Crippen LogP contribution in [0, 0.1) is 0 Å². The third-order valence-corrected chi connectivity index (χ3v) is 6.59. The summed E-state index contributed by atoms with van der Waals surface area (Å²) in [4.78, 5) is 24.9. The second-order valence-corrected chi connectivity index (χ2v) is 8.36. The normalized spacial score (nSPS) is 16.7. The van der Waals surface area contributed by atoms with Crippen LogP contribution in [0.4, 0.5) is 0 Å². The molecule has 29 heavy (non-hydrogen) atoms. The molecule has 1 atom stereocenters. The van der Waals surface area contributed by atoms with E-state index in [1.165, 1.54) is 11.3 Å².